The maximum Gasteiger partial charge on any atom is 0.266 e. The highest BCUT2D eigenvalue weighted by atomic mass is 16.2. The quantitative estimate of drug-likeness (QED) is 0.630. The summed E-state index contributed by atoms with van der Waals surface area (Å²) in [6.45, 7) is 3.12. The van der Waals surface area contributed by atoms with Gasteiger partial charge in [-0.15, -0.1) is 0 Å². The number of imide groups is 1. The number of amides is 3. The van der Waals surface area contributed by atoms with Crippen LogP contribution in [0.3, 0.4) is 0 Å². The molecule has 1 aliphatic heterocycles. The van der Waals surface area contributed by atoms with Crippen molar-refractivity contribution >= 4 is 23.4 Å². The van der Waals surface area contributed by atoms with Crippen molar-refractivity contribution in [3.8, 4) is 0 Å². The summed E-state index contributed by atoms with van der Waals surface area (Å²) >= 11 is 0. The zero-order chi connectivity index (χ0) is 20.5. The molecule has 1 aliphatic rings. The van der Waals surface area contributed by atoms with E-state index >= 15 is 0 Å². The highest BCUT2D eigenvalue weighted by Gasteiger charge is 2.36. The molecule has 0 saturated carbocycles. The monoisotopic (exact) mass is 388 g/mol. The summed E-state index contributed by atoms with van der Waals surface area (Å²) in [7, 11) is 1.70. The molecule has 0 spiro atoms. The van der Waals surface area contributed by atoms with Crippen LogP contribution in [0.5, 0.6) is 0 Å². The standard InChI is InChI=1S/C22H20N4O3/c1-3-25-12-11-16(23-25)14-24(2)20(27)15-7-6-8-17(13-15)26-21(28)18-9-4-5-10-19(18)22(26)29/h4-13H,3,14H2,1-2H3. The number of carbonyl (C=O) groups is 3. The molecule has 0 aliphatic carbocycles. The summed E-state index contributed by atoms with van der Waals surface area (Å²) in [6.07, 6.45) is 1.87. The third kappa shape index (κ3) is 3.31. The number of carbonyl (C=O) groups excluding carboxylic acids is 3. The maximum absolute atomic E-state index is 12.9. The third-order valence-corrected chi connectivity index (χ3v) is 4.91. The molecule has 2 heterocycles. The second kappa shape index (κ2) is 7.35. The van der Waals surface area contributed by atoms with Crippen LogP contribution in [0.1, 0.15) is 43.7 Å². The van der Waals surface area contributed by atoms with Crippen LogP contribution in [0.4, 0.5) is 5.69 Å². The lowest BCUT2D eigenvalue weighted by Gasteiger charge is -2.18. The molecular weight excluding hydrogens is 368 g/mol. The molecule has 2 aromatic carbocycles. The minimum absolute atomic E-state index is 0.213. The average molecular weight is 388 g/mol. The van der Waals surface area contributed by atoms with Crippen molar-refractivity contribution in [2.24, 2.45) is 0 Å². The van der Waals surface area contributed by atoms with Gasteiger partial charge in [0.1, 0.15) is 0 Å². The SMILES string of the molecule is CCn1ccc(CN(C)C(=O)c2cccc(N3C(=O)c4ccccc4C3=O)c2)n1. The Morgan fingerprint density at radius 1 is 1.00 bits per heavy atom. The summed E-state index contributed by atoms with van der Waals surface area (Å²) in [5, 5.41) is 4.39. The summed E-state index contributed by atoms with van der Waals surface area (Å²) < 4.78 is 1.80. The molecule has 0 radical (unpaired) electrons. The number of hydrogen-bond donors (Lipinski definition) is 0. The fourth-order valence-electron chi connectivity index (χ4n) is 3.40. The number of rotatable bonds is 5. The highest BCUT2D eigenvalue weighted by Crippen LogP contribution is 2.29. The van der Waals surface area contributed by atoms with Crippen LogP contribution < -0.4 is 4.90 Å². The number of nitrogens with zero attached hydrogens (tertiary/aromatic N) is 4. The lowest BCUT2D eigenvalue weighted by atomic mass is 10.1. The number of benzene rings is 2. The first-order valence-corrected chi connectivity index (χ1v) is 9.35. The molecule has 3 aromatic rings. The van der Waals surface area contributed by atoms with Gasteiger partial charge < -0.3 is 4.90 Å². The molecule has 146 valence electrons. The van der Waals surface area contributed by atoms with E-state index in [9.17, 15) is 14.4 Å². The molecule has 3 amide bonds. The average Bonchev–Trinajstić information content (AvgIpc) is 3.30. The first kappa shape index (κ1) is 18.6. The Bertz CT molecular complexity index is 1080. The summed E-state index contributed by atoms with van der Waals surface area (Å²) in [6, 6.07) is 15.2. The largest absolute Gasteiger partial charge is 0.336 e. The van der Waals surface area contributed by atoms with E-state index in [1.54, 1.807) is 65.2 Å². The van der Waals surface area contributed by atoms with Gasteiger partial charge in [-0.05, 0) is 43.3 Å². The van der Waals surface area contributed by atoms with Crippen LogP contribution >= 0.6 is 0 Å². The zero-order valence-corrected chi connectivity index (χ0v) is 16.2. The van der Waals surface area contributed by atoms with E-state index in [1.165, 1.54) is 0 Å². The van der Waals surface area contributed by atoms with Gasteiger partial charge in [0.05, 0.1) is 29.1 Å². The number of fused-ring (bicyclic) bond motifs is 1. The summed E-state index contributed by atoms with van der Waals surface area (Å²) in [5.41, 5.74) is 2.32. The Hall–Kier alpha value is -3.74. The minimum atomic E-state index is -0.381. The fourth-order valence-corrected chi connectivity index (χ4v) is 3.40. The zero-order valence-electron chi connectivity index (χ0n) is 16.2. The Morgan fingerprint density at radius 2 is 1.69 bits per heavy atom. The number of aromatic nitrogens is 2. The normalized spacial score (nSPS) is 13.0. The molecule has 7 nitrogen and oxygen atoms in total. The molecule has 29 heavy (non-hydrogen) atoms. The van der Waals surface area contributed by atoms with Crippen LogP contribution in [0, 0.1) is 0 Å². The van der Waals surface area contributed by atoms with Crippen molar-refractivity contribution in [3.05, 3.63) is 83.2 Å². The molecule has 7 heteroatoms. The molecule has 1 aromatic heterocycles. The van der Waals surface area contributed by atoms with Crippen molar-refractivity contribution in [2.75, 3.05) is 11.9 Å². The van der Waals surface area contributed by atoms with Crippen LogP contribution in [0.2, 0.25) is 0 Å². The van der Waals surface area contributed by atoms with Crippen molar-refractivity contribution in [1.82, 2.24) is 14.7 Å². The van der Waals surface area contributed by atoms with Crippen molar-refractivity contribution in [2.45, 2.75) is 20.0 Å². The van der Waals surface area contributed by atoms with Crippen LogP contribution in [0.25, 0.3) is 0 Å². The molecule has 0 atom stereocenters. The van der Waals surface area contributed by atoms with Crippen molar-refractivity contribution in [3.63, 3.8) is 0 Å². The molecule has 0 fully saturated rings. The second-order valence-corrected chi connectivity index (χ2v) is 6.87. The van der Waals surface area contributed by atoms with Crippen molar-refractivity contribution in [1.29, 1.82) is 0 Å². The first-order chi connectivity index (χ1) is 14.0. The topological polar surface area (TPSA) is 75.5 Å². The fraction of sp³-hybridized carbons (Fsp3) is 0.182. The molecular formula is C22H20N4O3. The first-order valence-electron chi connectivity index (χ1n) is 9.35. The Balaban J connectivity index is 1.57. The summed E-state index contributed by atoms with van der Waals surface area (Å²) in [4.78, 5) is 40.9. The predicted octanol–water partition coefficient (Wildman–Crippen LogP) is 2.98. The third-order valence-electron chi connectivity index (χ3n) is 4.91. The number of anilines is 1. The molecule has 0 bridgehead atoms. The van der Waals surface area contributed by atoms with E-state index < -0.39 is 0 Å². The smallest absolute Gasteiger partial charge is 0.266 e. The van der Waals surface area contributed by atoms with E-state index in [1.807, 2.05) is 19.2 Å². The van der Waals surface area contributed by atoms with Gasteiger partial charge in [-0.2, -0.15) is 5.10 Å². The highest BCUT2D eigenvalue weighted by molar-refractivity contribution is 6.34. The van der Waals surface area contributed by atoms with Crippen LogP contribution in [-0.2, 0) is 13.1 Å². The number of hydrogen-bond acceptors (Lipinski definition) is 4. The van der Waals surface area contributed by atoms with Crippen LogP contribution in [-0.4, -0.2) is 39.4 Å². The molecule has 0 saturated heterocycles. The van der Waals surface area contributed by atoms with E-state index in [4.69, 9.17) is 0 Å². The van der Waals surface area contributed by atoms with Gasteiger partial charge in [0, 0.05) is 25.4 Å². The van der Waals surface area contributed by atoms with E-state index in [2.05, 4.69) is 5.10 Å². The van der Waals surface area contributed by atoms with E-state index in [0.29, 0.717) is 28.9 Å². The van der Waals surface area contributed by atoms with E-state index in [0.717, 1.165) is 17.1 Å². The number of aryl methyl sites for hydroxylation is 1. The summed E-state index contributed by atoms with van der Waals surface area (Å²) in [5.74, 6) is -0.975. The van der Waals surface area contributed by atoms with Gasteiger partial charge in [0.15, 0.2) is 0 Å². The Morgan fingerprint density at radius 3 is 2.31 bits per heavy atom. The van der Waals surface area contributed by atoms with Crippen LogP contribution in [0.15, 0.2) is 60.8 Å². The Labute approximate surface area is 168 Å². The molecule has 0 unspecified atom stereocenters. The van der Waals surface area contributed by atoms with Gasteiger partial charge >= 0.3 is 0 Å². The molecule has 0 N–H and O–H groups in total. The van der Waals surface area contributed by atoms with Gasteiger partial charge in [0.2, 0.25) is 0 Å². The lowest BCUT2D eigenvalue weighted by Crippen LogP contribution is -2.30. The Kier molecular flexibility index (Phi) is 4.72. The van der Waals surface area contributed by atoms with Gasteiger partial charge in [0.25, 0.3) is 17.7 Å². The molecule has 4 rings (SSSR count). The maximum atomic E-state index is 12.9. The minimum Gasteiger partial charge on any atom is -0.336 e. The predicted molar refractivity (Wildman–Crippen MR) is 108 cm³/mol. The van der Waals surface area contributed by atoms with Gasteiger partial charge in [-0.3, -0.25) is 19.1 Å². The van der Waals surface area contributed by atoms with Gasteiger partial charge in [-0.1, -0.05) is 18.2 Å². The van der Waals surface area contributed by atoms with Crippen molar-refractivity contribution < 1.29 is 14.4 Å². The van der Waals surface area contributed by atoms with E-state index in [-0.39, 0.29) is 17.7 Å². The lowest BCUT2D eigenvalue weighted by molar-refractivity contribution is 0.0781. The second-order valence-electron chi connectivity index (χ2n) is 6.87. The van der Waals surface area contributed by atoms with Gasteiger partial charge in [-0.25, -0.2) is 4.90 Å².